The van der Waals surface area contributed by atoms with Crippen LogP contribution in [0, 0.1) is 0 Å². The number of rotatable bonds is 3. The van der Waals surface area contributed by atoms with Gasteiger partial charge in [0.05, 0.1) is 0 Å². The summed E-state index contributed by atoms with van der Waals surface area (Å²) >= 11 is 0. The SMILES string of the molecule is CCO.O=C(O)[C@@H](O)[C@H](O)C(=O)O. The van der Waals surface area contributed by atoms with Gasteiger partial charge < -0.3 is 25.5 Å². The van der Waals surface area contributed by atoms with Gasteiger partial charge in [0.15, 0.2) is 12.2 Å². The van der Waals surface area contributed by atoms with E-state index in [0.717, 1.165) is 0 Å². The third-order valence-corrected chi connectivity index (χ3v) is 0.805. The molecule has 0 amide bonds. The summed E-state index contributed by atoms with van der Waals surface area (Å²) in [6.07, 6.45) is -4.53. The molecule has 78 valence electrons. The molecule has 7 nitrogen and oxygen atoms in total. The van der Waals surface area contributed by atoms with Crippen molar-refractivity contribution in [1.82, 2.24) is 0 Å². The Morgan fingerprint density at radius 3 is 1.31 bits per heavy atom. The van der Waals surface area contributed by atoms with E-state index in [2.05, 4.69) is 0 Å². The maximum Gasteiger partial charge on any atom is 0.335 e. The molecule has 0 heterocycles. The molecule has 0 fully saturated rings. The van der Waals surface area contributed by atoms with Crippen molar-refractivity contribution < 1.29 is 35.1 Å². The lowest BCUT2D eigenvalue weighted by molar-refractivity contribution is -0.165. The van der Waals surface area contributed by atoms with Gasteiger partial charge in [-0.2, -0.15) is 0 Å². The van der Waals surface area contributed by atoms with Crippen LogP contribution >= 0.6 is 0 Å². The van der Waals surface area contributed by atoms with Gasteiger partial charge in [0, 0.05) is 6.61 Å². The second-order valence-electron chi connectivity index (χ2n) is 1.88. The van der Waals surface area contributed by atoms with E-state index >= 15 is 0 Å². The van der Waals surface area contributed by atoms with E-state index in [1.165, 1.54) is 0 Å². The highest BCUT2D eigenvalue weighted by Gasteiger charge is 2.29. The average Bonchev–Trinajstić information content (AvgIpc) is 2.03. The van der Waals surface area contributed by atoms with Gasteiger partial charge in [-0.25, -0.2) is 9.59 Å². The van der Waals surface area contributed by atoms with Crippen LogP contribution in [0.25, 0.3) is 0 Å². The molecular weight excluding hydrogens is 184 g/mol. The normalized spacial score (nSPS) is 13.5. The highest BCUT2D eigenvalue weighted by molar-refractivity contribution is 5.82. The van der Waals surface area contributed by atoms with E-state index < -0.39 is 24.1 Å². The summed E-state index contributed by atoms with van der Waals surface area (Å²) in [4.78, 5) is 19.5. The van der Waals surface area contributed by atoms with Crippen LogP contribution in [-0.4, -0.2) is 56.3 Å². The number of carboxylic acids is 2. The summed E-state index contributed by atoms with van der Waals surface area (Å²) in [6.45, 7) is 1.93. The van der Waals surface area contributed by atoms with Gasteiger partial charge in [-0.15, -0.1) is 0 Å². The van der Waals surface area contributed by atoms with Gasteiger partial charge in [-0.05, 0) is 6.92 Å². The number of aliphatic carboxylic acids is 2. The molecule has 0 bridgehead atoms. The Balaban J connectivity index is 0. The van der Waals surface area contributed by atoms with Crippen LogP contribution in [0.3, 0.4) is 0 Å². The molecule has 5 N–H and O–H groups in total. The molecule has 0 aliphatic rings. The summed E-state index contributed by atoms with van der Waals surface area (Å²) in [5.74, 6) is -3.54. The van der Waals surface area contributed by atoms with Crippen molar-refractivity contribution in [3.63, 3.8) is 0 Å². The second-order valence-corrected chi connectivity index (χ2v) is 1.88. The number of carboxylic acid groups (broad SMARTS) is 2. The molecule has 13 heavy (non-hydrogen) atoms. The third kappa shape index (κ3) is 7.19. The van der Waals surface area contributed by atoms with Crippen molar-refractivity contribution >= 4 is 11.9 Å². The van der Waals surface area contributed by atoms with E-state index in [1.807, 2.05) is 0 Å². The minimum Gasteiger partial charge on any atom is -0.479 e. The van der Waals surface area contributed by atoms with E-state index in [0.29, 0.717) is 0 Å². The molecule has 0 aromatic carbocycles. The number of carbonyl (C=O) groups is 2. The zero-order valence-corrected chi connectivity index (χ0v) is 6.91. The molecule has 0 radical (unpaired) electrons. The Bertz CT molecular complexity index is 148. The summed E-state index contributed by atoms with van der Waals surface area (Å²) in [5.41, 5.74) is 0. The second kappa shape index (κ2) is 7.47. The fourth-order valence-electron chi connectivity index (χ4n) is 0.270. The van der Waals surface area contributed by atoms with Crippen LogP contribution < -0.4 is 0 Å². The maximum atomic E-state index is 9.77. The first-order valence-corrected chi connectivity index (χ1v) is 3.31. The van der Waals surface area contributed by atoms with Crippen molar-refractivity contribution in [2.75, 3.05) is 6.61 Å². The standard InChI is InChI=1S/C4H6O6.C2H6O/c5-1(3(7)8)2(6)4(9)10;1-2-3/h1-2,5-6H,(H,7,8)(H,9,10);3H,2H2,1H3/t1-,2-;/m0./s1. The molecule has 0 rings (SSSR count). The largest absolute Gasteiger partial charge is 0.479 e. The summed E-state index contributed by atoms with van der Waals surface area (Å²) in [7, 11) is 0. The summed E-state index contributed by atoms with van der Waals surface area (Å²) in [5, 5.41) is 40.1. The maximum absolute atomic E-state index is 9.77. The molecule has 0 aromatic rings. The van der Waals surface area contributed by atoms with E-state index in [9.17, 15) is 9.59 Å². The Morgan fingerprint density at radius 1 is 1.08 bits per heavy atom. The van der Waals surface area contributed by atoms with E-state index in [4.69, 9.17) is 25.5 Å². The lowest BCUT2D eigenvalue weighted by Gasteiger charge is -2.07. The van der Waals surface area contributed by atoms with Crippen LogP contribution in [0.4, 0.5) is 0 Å². The zero-order chi connectivity index (χ0) is 11.0. The van der Waals surface area contributed by atoms with Crippen LogP contribution in [0.5, 0.6) is 0 Å². The van der Waals surface area contributed by atoms with Crippen molar-refractivity contribution in [3.05, 3.63) is 0 Å². The van der Waals surface area contributed by atoms with Gasteiger partial charge in [0.2, 0.25) is 0 Å². The molecule has 0 aliphatic carbocycles. The summed E-state index contributed by atoms with van der Waals surface area (Å²) in [6, 6.07) is 0. The highest BCUT2D eigenvalue weighted by atomic mass is 16.4. The molecule has 0 saturated heterocycles. The van der Waals surface area contributed by atoms with Crippen molar-refractivity contribution in [2.24, 2.45) is 0 Å². The zero-order valence-electron chi connectivity index (χ0n) is 6.91. The summed E-state index contributed by atoms with van der Waals surface area (Å²) < 4.78 is 0. The predicted octanol–water partition coefficient (Wildman–Crippen LogP) is -2.12. The van der Waals surface area contributed by atoms with Crippen LogP contribution in [0.15, 0.2) is 0 Å². The molecule has 0 unspecified atom stereocenters. The Kier molecular flexibility index (Phi) is 8.24. The number of hydrogen-bond acceptors (Lipinski definition) is 5. The molecule has 0 spiro atoms. The fraction of sp³-hybridized carbons (Fsp3) is 0.667. The number of aliphatic hydroxyl groups excluding tert-OH is 3. The molecular formula is C6H12O7. The average molecular weight is 196 g/mol. The van der Waals surface area contributed by atoms with Crippen molar-refractivity contribution in [3.8, 4) is 0 Å². The van der Waals surface area contributed by atoms with Crippen LogP contribution in [0.1, 0.15) is 6.92 Å². The first kappa shape index (κ1) is 14.3. The first-order valence-electron chi connectivity index (χ1n) is 3.31. The van der Waals surface area contributed by atoms with Crippen molar-refractivity contribution in [2.45, 2.75) is 19.1 Å². The lowest BCUT2D eigenvalue weighted by atomic mass is 10.2. The fourth-order valence-corrected chi connectivity index (χ4v) is 0.270. The molecule has 2 atom stereocenters. The van der Waals surface area contributed by atoms with E-state index in [-0.39, 0.29) is 6.61 Å². The quantitative estimate of drug-likeness (QED) is 0.348. The predicted molar refractivity (Wildman–Crippen MR) is 40.0 cm³/mol. The minimum atomic E-state index is -2.27. The third-order valence-electron chi connectivity index (χ3n) is 0.805. The van der Waals surface area contributed by atoms with Gasteiger partial charge in [0.25, 0.3) is 0 Å². The lowest BCUT2D eigenvalue weighted by Crippen LogP contribution is -2.39. The highest BCUT2D eigenvalue weighted by Crippen LogP contribution is 1.92. The van der Waals surface area contributed by atoms with Crippen LogP contribution in [-0.2, 0) is 9.59 Å². The Hall–Kier alpha value is -1.18. The topological polar surface area (TPSA) is 135 Å². The molecule has 0 aromatic heterocycles. The first-order chi connectivity index (χ1) is 5.88. The van der Waals surface area contributed by atoms with Crippen LogP contribution in [0.2, 0.25) is 0 Å². The molecule has 0 aliphatic heterocycles. The monoisotopic (exact) mass is 196 g/mol. The van der Waals surface area contributed by atoms with Gasteiger partial charge in [0.1, 0.15) is 0 Å². The van der Waals surface area contributed by atoms with Gasteiger partial charge >= 0.3 is 11.9 Å². The number of aliphatic hydroxyl groups is 3. The minimum absolute atomic E-state index is 0.250. The van der Waals surface area contributed by atoms with Gasteiger partial charge in [-0.1, -0.05) is 0 Å². The molecule has 7 heteroatoms. The smallest absolute Gasteiger partial charge is 0.335 e. The number of hydrogen-bond donors (Lipinski definition) is 5. The Morgan fingerprint density at radius 2 is 1.23 bits per heavy atom. The van der Waals surface area contributed by atoms with E-state index in [1.54, 1.807) is 6.92 Å². The van der Waals surface area contributed by atoms with Gasteiger partial charge in [-0.3, -0.25) is 0 Å². The Labute approximate surface area is 73.9 Å². The van der Waals surface area contributed by atoms with Crippen molar-refractivity contribution in [1.29, 1.82) is 0 Å². The molecule has 0 saturated carbocycles.